The maximum absolute atomic E-state index is 9.80. The van der Waals surface area contributed by atoms with Gasteiger partial charge in [-0.1, -0.05) is 98.8 Å². The molecule has 0 radical (unpaired) electrons. The second-order valence-electron chi connectivity index (χ2n) is 13.8. The van der Waals surface area contributed by atoms with Crippen molar-refractivity contribution in [1.82, 2.24) is 14.5 Å². The summed E-state index contributed by atoms with van der Waals surface area (Å²) < 4.78 is 2.36. The van der Waals surface area contributed by atoms with E-state index in [9.17, 15) is 5.26 Å². The molecule has 9 aromatic rings. The van der Waals surface area contributed by atoms with Crippen molar-refractivity contribution in [3.8, 4) is 45.4 Å². The molecule has 1 aliphatic carbocycles. The maximum Gasteiger partial charge on any atom is 0.161 e. The molecule has 0 saturated carbocycles. The van der Waals surface area contributed by atoms with E-state index in [-0.39, 0.29) is 5.41 Å². The third kappa shape index (κ3) is 4.04. The molecule has 0 N–H and O–H groups in total. The van der Waals surface area contributed by atoms with Gasteiger partial charge in [-0.2, -0.15) is 5.26 Å². The van der Waals surface area contributed by atoms with Crippen LogP contribution in [0.5, 0.6) is 0 Å². The summed E-state index contributed by atoms with van der Waals surface area (Å²) in [4.78, 5) is 9.41. The third-order valence-electron chi connectivity index (χ3n) is 10.7. The van der Waals surface area contributed by atoms with Crippen LogP contribution in [0.25, 0.3) is 82.8 Å². The van der Waals surface area contributed by atoms with Crippen molar-refractivity contribution < 1.29 is 0 Å². The van der Waals surface area contributed by atoms with Gasteiger partial charge < -0.3 is 4.57 Å². The summed E-state index contributed by atoms with van der Waals surface area (Å²) in [5.41, 5.74) is 13.2. The standard InChI is InChI=1S/C46H30N4/c1-46(2)38-13-7-5-11-34(38)35-22-17-31(26-39(35)46)30-19-23-42-37(25-30)44-33-10-4-3-9-28(33)18-24-43(44)50(42)32-20-15-29(16-21-32)45-48-40-14-8-6-12-36(40)41(27-47)49-45/h3-26H,1-2H3. The van der Waals surface area contributed by atoms with Crippen molar-refractivity contribution in [3.05, 3.63) is 162 Å². The number of benzene rings is 7. The van der Waals surface area contributed by atoms with Crippen LogP contribution in [0, 0.1) is 11.3 Å². The Bertz CT molecular complexity index is 2900. The van der Waals surface area contributed by atoms with Crippen LogP contribution >= 0.6 is 0 Å². The molecule has 0 saturated heterocycles. The topological polar surface area (TPSA) is 54.5 Å². The first-order valence-corrected chi connectivity index (χ1v) is 17.0. The Hall–Kier alpha value is -6.57. The normalized spacial score (nSPS) is 13.1. The van der Waals surface area contributed by atoms with E-state index >= 15 is 0 Å². The molecule has 2 heterocycles. The molecule has 0 unspecified atom stereocenters. The smallest absolute Gasteiger partial charge is 0.161 e. The first-order valence-electron chi connectivity index (χ1n) is 17.0. The molecule has 7 aromatic carbocycles. The van der Waals surface area contributed by atoms with Gasteiger partial charge in [-0.3, -0.25) is 0 Å². The molecular formula is C46H30N4. The summed E-state index contributed by atoms with van der Waals surface area (Å²) >= 11 is 0. The molecule has 4 heteroatoms. The van der Waals surface area contributed by atoms with Gasteiger partial charge in [0, 0.05) is 32.8 Å². The van der Waals surface area contributed by atoms with Crippen molar-refractivity contribution in [3.63, 3.8) is 0 Å². The Morgan fingerprint density at radius 1 is 0.560 bits per heavy atom. The van der Waals surface area contributed by atoms with Gasteiger partial charge in [-0.05, 0) is 105 Å². The second-order valence-corrected chi connectivity index (χ2v) is 13.8. The van der Waals surface area contributed by atoms with Gasteiger partial charge in [0.15, 0.2) is 11.5 Å². The van der Waals surface area contributed by atoms with Crippen molar-refractivity contribution >= 4 is 43.5 Å². The molecule has 0 amide bonds. The number of fused-ring (bicyclic) bond motifs is 9. The fraction of sp³-hybridized carbons (Fsp3) is 0.0652. The molecule has 0 atom stereocenters. The highest BCUT2D eigenvalue weighted by atomic mass is 15.0. The van der Waals surface area contributed by atoms with E-state index in [0.29, 0.717) is 11.5 Å². The fourth-order valence-electron chi connectivity index (χ4n) is 8.18. The minimum absolute atomic E-state index is 0.0571. The first-order chi connectivity index (χ1) is 24.5. The fourth-order valence-corrected chi connectivity index (χ4v) is 8.18. The molecule has 1 aliphatic rings. The van der Waals surface area contributed by atoms with Gasteiger partial charge in [0.1, 0.15) is 6.07 Å². The molecule has 0 fully saturated rings. The molecule has 4 nitrogen and oxygen atoms in total. The average molecular weight is 639 g/mol. The quantitative estimate of drug-likeness (QED) is 0.193. The third-order valence-corrected chi connectivity index (χ3v) is 10.7. The summed E-state index contributed by atoms with van der Waals surface area (Å²) in [6.07, 6.45) is 0. The number of aromatic nitrogens is 3. The SMILES string of the molecule is CC1(C)c2ccccc2-c2ccc(-c3ccc4c(c3)c3c5ccccc5ccc3n4-c3ccc(-c4nc(C#N)c5ccccc5n4)cc3)cc21. The highest BCUT2D eigenvalue weighted by Gasteiger charge is 2.35. The van der Waals surface area contributed by atoms with Crippen molar-refractivity contribution in [2.75, 3.05) is 0 Å². The van der Waals surface area contributed by atoms with Gasteiger partial charge in [-0.25, -0.2) is 9.97 Å². The number of nitrogens with zero attached hydrogens (tertiary/aromatic N) is 4. The summed E-state index contributed by atoms with van der Waals surface area (Å²) in [5, 5.41) is 15.5. The van der Waals surface area contributed by atoms with Crippen LogP contribution < -0.4 is 0 Å². The largest absolute Gasteiger partial charge is 0.309 e. The molecule has 234 valence electrons. The summed E-state index contributed by atoms with van der Waals surface area (Å²) in [6.45, 7) is 4.68. The predicted octanol–water partition coefficient (Wildman–Crippen LogP) is 11.4. The lowest BCUT2D eigenvalue weighted by Gasteiger charge is -2.22. The average Bonchev–Trinajstić information content (AvgIpc) is 3.62. The van der Waals surface area contributed by atoms with Crippen molar-refractivity contribution in [2.45, 2.75) is 19.3 Å². The van der Waals surface area contributed by atoms with E-state index < -0.39 is 0 Å². The first kappa shape index (κ1) is 28.4. The lowest BCUT2D eigenvalue weighted by atomic mass is 9.81. The van der Waals surface area contributed by atoms with Gasteiger partial charge in [0.2, 0.25) is 0 Å². The van der Waals surface area contributed by atoms with Crippen LogP contribution in [0.4, 0.5) is 0 Å². The minimum Gasteiger partial charge on any atom is -0.309 e. The monoisotopic (exact) mass is 638 g/mol. The summed E-state index contributed by atoms with van der Waals surface area (Å²) in [5.74, 6) is 0.547. The number of nitriles is 1. The highest BCUT2D eigenvalue weighted by molar-refractivity contribution is 6.22. The molecule has 0 aliphatic heterocycles. The number of para-hydroxylation sites is 1. The van der Waals surface area contributed by atoms with E-state index in [0.717, 1.165) is 33.2 Å². The lowest BCUT2D eigenvalue weighted by molar-refractivity contribution is 0.660. The molecule has 0 spiro atoms. The van der Waals surface area contributed by atoms with Crippen LogP contribution in [-0.4, -0.2) is 14.5 Å². The van der Waals surface area contributed by atoms with E-state index in [1.165, 1.54) is 54.9 Å². The lowest BCUT2D eigenvalue weighted by Crippen LogP contribution is -2.14. The number of rotatable bonds is 3. The molecule has 50 heavy (non-hydrogen) atoms. The summed E-state index contributed by atoms with van der Waals surface area (Å²) in [7, 11) is 0. The summed E-state index contributed by atoms with van der Waals surface area (Å²) in [6, 6.07) is 54.1. The Morgan fingerprint density at radius 2 is 1.24 bits per heavy atom. The maximum atomic E-state index is 9.80. The van der Waals surface area contributed by atoms with Crippen molar-refractivity contribution in [2.24, 2.45) is 0 Å². The van der Waals surface area contributed by atoms with Crippen LogP contribution in [0.15, 0.2) is 146 Å². The van der Waals surface area contributed by atoms with E-state index in [1.807, 2.05) is 24.3 Å². The van der Waals surface area contributed by atoms with Gasteiger partial charge in [0.05, 0.1) is 16.6 Å². The number of hydrogen-bond donors (Lipinski definition) is 0. The zero-order chi connectivity index (χ0) is 33.6. The molecule has 0 bridgehead atoms. The van der Waals surface area contributed by atoms with E-state index in [1.54, 1.807) is 0 Å². The highest BCUT2D eigenvalue weighted by Crippen LogP contribution is 2.50. The Labute approximate surface area is 289 Å². The van der Waals surface area contributed by atoms with Crippen LogP contribution in [0.2, 0.25) is 0 Å². The zero-order valence-corrected chi connectivity index (χ0v) is 27.6. The zero-order valence-electron chi connectivity index (χ0n) is 27.6. The van der Waals surface area contributed by atoms with Crippen molar-refractivity contribution in [1.29, 1.82) is 5.26 Å². The molecule has 10 rings (SSSR count). The van der Waals surface area contributed by atoms with Crippen LogP contribution in [-0.2, 0) is 5.41 Å². The van der Waals surface area contributed by atoms with E-state index in [2.05, 4.69) is 151 Å². The van der Waals surface area contributed by atoms with Gasteiger partial charge >= 0.3 is 0 Å². The van der Waals surface area contributed by atoms with Crippen LogP contribution in [0.3, 0.4) is 0 Å². The van der Waals surface area contributed by atoms with Gasteiger partial charge in [0.25, 0.3) is 0 Å². The Balaban J connectivity index is 1.14. The second kappa shape index (κ2) is 10.5. The van der Waals surface area contributed by atoms with Gasteiger partial charge in [-0.15, -0.1) is 0 Å². The van der Waals surface area contributed by atoms with E-state index in [4.69, 9.17) is 4.98 Å². The Kier molecular flexibility index (Phi) is 5.95. The molecule has 2 aromatic heterocycles. The van der Waals surface area contributed by atoms with Crippen LogP contribution in [0.1, 0.15) is 30.7 Å². The predicted molar refractivity (Wildman–Crippen MR) is 205 cm³/mol. The molecular weight excluding hydrogens is 609 g/mol. The Morgan fingerprint density at radius 3 is 2.10 bits per heavy atom. The minimum atomic E-state index is -0.0571. The number of hydrogen-bond acceptors (Lipinski definition) is 3.